The smallest absolute Gasteiger partial charge is 0.870 e. The topological polar surface area (TPSA) is 649 Å². The van der Waals surface area contributed by atoms with E-state index in [2.05, 4.69) is 41.1 Å². The van der Waals surface area contributed by atoms with E-state index < -0.39 is 119 Å². The number of aromatic nitrogens is 6. The maximum Gasteiger partial charge on any atom is 1.00 e. The minimum absolute atomic E-state index is 0. The molecule has 9 aliphatic heterocycles. The van der Waals surface area contributed by atoms with E-state index in [1.54, 1.807) is 89.7 Å². The zero-order valence-corrected chi connectivity index (χ0v) is 87.1. The van der Waals surface area contributed by atoms with Crippen molar-refractivity contribution in [3.8, 4) is 17.2 Å². The Morgan fingerprint density at radius 2 is 1.41 bits per heavy atom. The quantitative estimate of drug-likeness (QED) is 0.00634. The van der Waals surface area contributed by atoms with Crippen LogP contribution in [0.2, 0.25) is 0 Å². The summed E-state index contributed by atoms with van der Waals surface area (Å²) in [6.07, 6.45) is 8.53. The monoisotopic (exact) mass is 1990 g/mol. The first kappa shape index (κ1) is 115. The molecule has 0 bridgehead atoms. The number of nitrogens with zero attached hydrogens (tertiary/aromatic N) is 12. The second-order valence-corrected chi connectivity index (χ2v) is 38.5. The van der Waals surface area contributed by atoms with Crippen LogP contribution in [-0.4, -0.2) is 289 Å². The largest absolute Gasteiger partial charge is 1.00 e. The third-order valence-electron chi connectivity index (χ3n) is 21.5. The number of sulfone groups is 1. The van der Waals surface area contributed by atoms with Crippen LogP contribution in [0, 0.1) is 11.8 Å². The first-order valence-corrected chi connectivity index (χ1v) is 44.8. The predicted molar refractivity (Wildman–Crippen MR) is 459 cm³/mol. The van der Waals surface area contributed by atoms with Crippen molar-refractivity contribution in [2.75, 3.05) is 83.4 Å². The number of carboxylic acid groups (broad SMARTS) is 2. The molecule has 7 saturated heterocycles. The molecule has 7 fully saturated rings. The SMILES string of the molecule is CC(=O)OCC1=C(C(=O)O)N2C(=O)[C@@H](CC(=O)Cc3cccs3)[C@H]2SC1.CC1(C)S[C@@H]2[C@H](NC(=O)[C@H](CC(=O)N3CCNC3=O)c3ccccc3)C(=O)N2[C@H]1C(=O)[O-].CO/N=C(\C(=O)C[C@@H]1C(=O)N2C([C-]=O)=C(COC(C)=O)CS[C@H]12)c1csc(N)n1.COc1cc(Cc2cnc(N)nc2N)cc(OC)c1OC.C[C@]1(Cn2ccnn2)[C@H]([C-]=O)N2C(=O)C[C@H]2S1(=O)=O.[Na+].[Na+].[Na+].[Na+].[OH-].[OH-]. The van der Waals surface area contributed by atoms with Gasteiger partial charge in [0.1, 0.15) is 53.5 Å². The van der Waals surface area contributed by atoms with Crippen molar-refractivity contribution in [2.24, 2.45) is 17.0 Å². The summed E-state index contributed by atoms with van der Waals surface area (Å²) in [6, 6.07) is 12.6. The van der Waals surface area contributed by atoms with Crippen LogP contribution in [0.15, 0.2) is 112 Å². The molecule has 2 aromatic carbocycles. The number of benzene rings is 2. The Hall–Kier alpha value is -8.49. The molecule has 0 unspecified atom stereocenters. The molecule has 0 saturated carbocycles. The number of nitrogen functional groups attached to an aromatic ring is 3. The second-order valence-electron chi connectivity index (χ2n) is 30.0. The van der Waals surface area contributed by atoms with Gasteiger partial charge in [0.05, 0.1) is 92.4 Å². The minimum Gasteiger partial charge on any atom is -0.870 e. The van der Waals surface area contributed by atoms with Gasteiger partial charge in [0.25, 0.3) is 0 Å². The maximum absolute atomic E-state index is 13.2. The molecule has 0 aliphatic carbocycles. The number of hydrogen-bond acceptors (Lipinski definition) is 40. The van der Waals surface area contributed by atoms with Crippen molar-refractivity contribution in [1.29, 1.82) is 0 Å². The van der Waals surface area contributed by atoms with Crippen molar-refractivity contribution >= 4 is 180 Å². The molecular weight excluding hydrogens is 1900 g/mol. The van der Waals surface area contributed by atoms with Crippen molar-refractivity contribution in [3.05, 3.63) is 134 Å². The fourth-order valence-electron chi connectivity index (χ4n) is 15.2. The molecule has 15 rings (SSSR count). The Labute approximate surface area is 870 Å². The fraction of sp³-hybridized carbons (Fsp3) is 0.430. The van der Waals surface area contributed by atoms with Crippen LogP contribution in [0.1, 0.15) is 93.5 Å². The number of carbonyl (C=O) groups is 13. The maximum atomic E-state index is 13.2. The molecule has 133 heavy (non-hydrogen) atoms. The van der Waals surface area contributed by atoms with E-state index in [-0.39, 0.29) is 256 Å². The molecule has 44 nitrogen and oxygen atoms in total. The van der Waals surface area contributed by atoms with Gasteiger partial charge in [0.15, 0.2) is 38.0 Å². The van der Waals surface area contributed by atoms with Gasteiger partial charge in [0, 0.05) is 110 Å². The second kappa shape index (κ2) is 50.0. The average Bonchev–Trinajstić information content (AvgIpc) is 1.52. The number of nitrogens with one attached hydrogen (secondary N) is 2. The Balaban J connectivity index is 0.000000294. The van der Waals surface area contributed by atoms with Crippen molar-refractivity contribution < 1.29 is 248 Å². The first-order chi connectivity index (χ1) is 60.4. The molecule has 0 spiro atoms. The Morgan fingerprint density at radius 3 is 1.94 bits per heavy atom. The summed E-state index contributed by atoms with van der Waals surface area (Å²) < 4.78 is 49.9. The summed E-state index contributed by atoms with van der Waals surface area (Å²) in [5, 5.41) is 39.0. The molecule has 9 aliphatic rings. The number of allylic oxidation sites excluding steroid dienone is 1. The van der Waals surface area contributed by atoms with Crippen LogP contribution in [0.25, 0.3) is 0 Å². The van der Waals surface area contributed by atoms with Crippen molar-refractivity contribution in [3.63, 3.8) is 0 Å². The molecule has 8 amide bonds. The van der Waals surface area contributed by atoms with Crippen LogP contribution < -0.4 is 165 Å². The van der Waals surface area contributed by atoms with E-state index in [4.69, 9.17) is 45.7 Å². The normalized spacial score (nSPS) is 22.1. The van der Waals surface area contributed by atoms with Crippen LogP contribution in [0.5, 0.6) is 17.2 Å². The van der Waals surface area contributed by atoms with E-state index in [1.165, 1.54) is 106 Å². The van der Waals surface area contributed by atoms with E-state index in [0.29, 0.717) is 64.2 Å². The molecular formula is C79H88N17Na4O27S6-. The van der Waals surface area contributed by atoms with Gasteiger partial charge in [-0.2, -0.15) is 4.98 Å². The number of imide groups is 1. The zero-order valence-electron chi connectivity index (χ0n) is 74.2. The number of ketones is 2. The van der Waals surface area contributed by atoms with Gasteiger partial charge in [0.2, 0.25) is 47.1 Å². The number of thiophene rings is 1. The number of thioether (sulfide) groups is 3. The summed E-state index contributed by atoms with van der Waals surface area (Å²) in [5.74, 6) is -5.65. The standard InChI is InChI=1S/C21H24N4O6S.C17H17N4O6S2.C17H17NO6S2.C14H18N4O3.C10H11N4O4S.4Na.2H2O/c1-21(2)15(19(29)30)25-17(28)14(18(25)32-21)23-16(27)12(11-6-4-3-5-7-11)10-13(26)24-9-8-22-20(24)31;1-8(23)27-5-9-6-28-16-10(15(25)21(16)12(9)4-22)3-13(24)14(20-26-2)11-7-29-17(18)19-11;1-9(19)24-7-10-8-26-16-13(15(21)18(16)14(10)17(22)23)6-11(20)5-12-3-2-4-25-12;1-19-10-5-8(6-11(20-2)12(10)21-3)4-9-7-17-14(16)18-13(9)15;1-10(6-13-3-2-11-12-13)7(5-15)14-8(16)4-9(14)19(10,17)18;;;;;;/h3-7,12,14-15,18H,8-10H2,1-2H3,(H,22,31)(H,23,27)(H,29,30);7,10,16H,3,5-6H2,1-2H3,(H2,18,19);2-4,13,16H,5-8H2,1H3,(H,22,23);5-7H,4H2,1-3H3,(H4,15,16,17,18);2-3,7,9H,4,6H2,1H3;;;;;2*1H2/q;-1;;;-1;4*+1;;/p-3/b;20-14-;;;;;;;;;/t12-,14-,15+,18-;10-,16-;13-,16-;;7-,9+,10-;;;;;;/m111.0....../s1. The number of fused-ring (bicyclic) bond motifs is 4. The number of anilines is 3. The van der Waals surface area contributed by atoms with Crippen molar-refractivity contribution in [2.45, 2.75) is 135 Å². The van der Waals surface area contributed by atoms with E-state index in [1.807, 2.05) is 29.6 Å². The molecule has 11 N–H and O–H groups in total. The number of oxime groups is 1. The van der Waals surface area contributed by atoms with Crippen LogP contribution in [0.4, 0.5) is 21.7 Å². The number of β-lactam (4-membered cyclic amide) rings is 4. The summed E-state index contributed by atoms with van der Waals surface area (Å²) in [7, 11) is 2.36. The third kappa shape index (κ3) is 25.5. The average molecular weight is 1990 g/mol. The molecule has 692 valence electrons. The number of carbonyl (C=O) groups excluding carboxylic acids is 14. The number of aliphatic carboxylic acids is 2. The van der Waals surface area contributed by atoms with Crippen LogP contribution in [0.3, 0.4) is 0 Å². The summed E-state index contributed by atoms with van der Waals surface area (Å²) in [6.45, 7) is 7.71. The van der Waals surface area contributed by atoms with E-state index >= 15 is 0 Å². The Kier molecular flexibility index (Phi) is 43.3. The summed E-state index contributed by atoms with van der Waals surface area (Å²) in [5.41, 5.74) is 20.4. The molecule has 0 radical (unpaired) electrons. The number of methoxy groups -OCH3 is 3. The van der Waals surface area contributed by atoms with Gasteiger partial charge in [-0.1, -0.05) is 52.5 Å². The number of nitrogens with two attached hydrogens (primary N) is 3. The summed E-state index contributed by atoms with van der Waals surface area (Å²) >= 11 is 6.73. The summed E-state index contributed by atoms with van der Waals surface area (Å²) in [4.78, 5) is 203. The molecule has 4 aromatic heterocycles. The molecule has 54 heteroatoms. The van der Waals surface area contributed by atoms with Gasteiger partial charge >= 0.3 is 142 Å². The van der Waals surface area contributed by atoms with Gasteiger partial charge < -0.3 is 107 Å². The van der Waals surface area contributed by atoms with Gasteiger partial charge in [-0.25, -0.2) is 34.3 Å². The van der Waals surface area contributed by atoms with Gasteiger partial charge in [-0.15, -0.1) is 68.6 Å². The van der Waals surface area contributed by atoms with Crippen LogP contribution >= 0.6 is 58.0 Å². The zero-order chi connectivity index (χ0) is 92.4. The third-order valence-corrected chi connectivity index (χ3v) is 30.1. The fourth-order valence-corrected chi connectivity index (χ4v) is 23.2. The molecule has 13 heterocycles. The number of hydrogen-bond donors (Lipinski definition) is 6. The number of Topliss-reactive ketones (excluding diaryl/α,β-unsaturated/α-hetero) is 2. The number of ether oxygens (including phenoxy) is 5. The molecule has 11 atom stereocenters. The minimum atomic E-state index is -3.64. The van der Waals surface area contributed by atoms with Gasteiger partial charge in [-0.05, 0) is 67.3 Å². The van der Waals surface area contributed by atoms with E-state index in [0.717, 1.165) is 37.1 Å². The predicted octanol–water partition coefficient (Wildman–Crippen LogP) is -11.4. The van der Waals surface area contributed by atoms with Crippen LogP contribution in [-0.2, 0) is 111 Å². The first-order valence-electron chi connectivity index (χ1n) is 38.5. The van der Waals surface area contributed by atoms with Crippen molar-refractivity contribution in [1.82, 2.24) is 65.1 Å². The number of esters is 2. The Bertz CT molecular complexity index is 5530. The number of carboxylic acids is 2. The number of urea groups is 1. The Morgan fingerprint density at radius 1 is 0.789 bits per heavy atom. The molecule has 6 aromatic rings. The van der Waals surface area contributed by atoms with Gasteiger partial charge in [-0.3, -0.25) is 62.4 Å². The van der Waals surface area contributed by atoms with E-state index in [9.17, 15) is 90.5 Å². The number of amides is 8. The number of thiazole rings is 1. The number of rotatable bonds is 29.